The molecule has 5 heteroatoms. The number of quaternary nitrogens is 1. The maximum Gasteiger partial charge on any atom is 0.244 e. The molecule has 5 nitrogen and oxygen atoms in total. The van der Waals surface area contributed by atoms with Crippen LogP contribution in [0.5, 0.6) is 0 Å². The molecule has 1 N–H and O–H groups in total. The van der Waals surface area contributed by atoms with E-state index in [1.165, 1.54) is 0 Å². The fraction of sp³-hybridized carbons (Fsp3) is 1.00. The minimum atomic E-state index is -1.22. The summed E-state index contributed by atoms with van der Waals surface area (Å²) < 4.78 is 0. The first-order valence-corrected chi connectivity index (χ1v) is 3.74. The highest BCUT2D eigenvalue weighted by Crippen LogP contribution is 2.05. The Balaban J connectivity index is 3.79. The van der Waals surface area contributed by atoms with Crippen molar-refractivity contribution < 1.29 is 24.9 Å². The second kappa shape index (κ2) is 5.45. The lowest BCUT2D eigenvalue weighted by Gasteiger charge is -2.18. The van der Waals surface area contributed by atoms with E-state index in [-0.39, 0.29) is 0 Å². The van der Waals surface area contributed by atoms with Crippen LogP contribution in [0.1, 0.15) is 20.8 Å². The van der Waals surface area contributed by atoms with Gasteiger partial charge in [0.25, 0.3) is 0 Å². The minimum absolute atomic E-state index is 0.316. The van der Waals surface area contributed by atoms with Gasteiger partial charge in [-0.3, -0.25) is 0 Å². The molecular weight excluding hydrogens is 150 g/mol. The van der Waals surface area contributed by atoms with Gasteiger partial charge in [-0.25, -0.2) is 0 Å². The summed E-state index contributed by atoms with van der Waals surface area (Å²) in [5, 5.41) is 8.06. The predicted octanol–water partition coefficient (Wildman–Crippen LogP) is 1.05. The topological polar surface area (TPSA) is 47.9 Å². The fourth-order valence-corrected chi connectivity index (χ4v) is 0.601. The van der Waals surface area contributed by atoms with Crippen molar-refractivity contribution in [3.8, 4) is 0 Å². The first-order valence-electron chi connectivity index (χ1n) is 3.74. The van der Waals surface area contributed by atoms with Crippen molar-refractivity contribution in [3.63, 3.8) is 0 Å². The Kier molecular flexibility index (Phi) is 5.35. The summed E-state index contributed by atoms with van der Waals surface area (Å²) in [4.78, 5) is 14.3. The summed E-state index contributed by atoms with van der Waals surface area (Å²) >= 11 is 0. The third kappa shape index (κ3) is 4.28. The van der Waals surface area contributed by atoms with Gasteiger partial charge in [0, 0.05) is 0 Å². The minimum Gasteiger partial charge on any atom is -0.110 e. The molecule has 0 aliphatic carbocycles. The molecule has 0 fully saturated rings. The Morgan fingerprint density at radius 2 is 1.18 bits per heavy atom. The van der Waals surface area contributed by atoms with E-state index in [0.717, 1.165) is 0 Å². The Labute approximate surface area is 66.5 Å². The predicted molar refractivity (Wildman–Crippen MR) is 36.9 cm³/mol. The molecule has 0 atom stereocenters. The van der Waals surface area contributed by atoms with Gasteiger partial charge in [0.05, 0.1) is 0 Å². The Hall–Kier alpha value is -0.200. The first kappa shape index (κ1) is 10.8. The van der Waals surface area contributed by atoms with Crippen molar-refractivity contribution >= 4 is 0 Å². The number of rotatable bonds is 6. The molecule has 0 heterocycles. The monoisotopic (exact) mass is 166 g/mol. The van der Waals surface area contributed by atoms with Crippen LogP contribution < -0.4 is 0 Å². The molecule has 0 aliphatic heterocycles. The van der Waals surface area contributed by atoms with Crippen molar-refractivity contribution in [2.45, 2.75) is 20.8 Å². The molecule has 0 amide bonds. The van der Waals surface area contributed by atoms with E-state index in [1.54, 1.807) is 20.8 Å². The number of nitrogens with zero attached hydrogens (tertiary/aromatic N) is 1. The highest BCUT2D eigenvalue weighted by Gasteiger charge is 2.31. The van der Waals surface area contributed by atoms with Crippen molar-refractivity contribution in [1.82, 2.24) is 0 Å². The van der Waals surface area contributed by atoms with Crippen LogP contribution in [0.4, 0.5) is 0 Å². The molecular formula is C6H16NO4+. The van der Waals surface area contributed by atoms with E-state index in [9.17, 15) is 5.21 Å². The summed E-state index contributed by atoms with van der Waals surface area (Å²) in [6, 6.07) is 0. The molecule has 0 aromatic rings. The summed E-state index contributed by atoms with van der Waals surface area (Å²) in [6.45, 7) is 6.16. The molecule has 68 valence electrons. The summed E-state index contributed by atoms with van der Waals surface area (Å²) in [6.07, 6.45) is 0. The molecule has 0 unspecified atom stereocenters. The van der Waals surface area contributed by atoms with Crippen molar-refractivity contribution in [1.29, 1.82) is 0 Å². The molecule has 0 rings (SSSR count). The molecule has 0 saturated heterocycles. The zero-order valence-electron chi connectivity index (χ0n) is 7.24. The maximum absolute atomic E-state index is 9.28. The standard InChI is InChI=1S/C6H16NO4/c1-4-9-7(8,10-5-2)11-6-3/h8H,4-6H2,1-3H3/q+1. The van der Waals surface area contributed by atoms with Crippen LogP contribution in [0, 0.1) is 0 Å². The Bertz CT molecular complexity index is 81.6. The normalized spacial score (nSPS) is 12.0. The van der Waals surface area contributed by atoms with Crippen LogP contribution in [0.2, 0.25) is 0 Å². The Morgan fingerprint density at radius 3 is 1.36 bits per heavy atom. The van der Waals surface area contributed by atoms with Gasteiger partial charge in [0.2, 0.25) is 5.14 Å². The maximum atomic E-state index is 9.28. The molecule has 0 saturated carbocycles. The van der Waals surface area contributed by atoms with Crippen LogP contribution in [0.25, 0.3) is 0 Å². The van der Waals surface area contributed by atoms with Gasteiger partial charge in [-0.05, 0) is 20.8 Å². The van der Waals surface area contributed by atoms with Gasteiger partial charge in [-0.2, -0.15) is 0 Å². The van der Waals surface area contributed by atoms with Gasteiger partial charge in [0.15, 0.2) is 0 Å². The average molecular weight is 166 g/mol. The van der Waals surface area contributed by atoms with Crippen molar-refractivity contribution in [2.75, 3.05) is 19.8 Å². The smallest absolute Gasteiger partial charge is 0.110 e. The molecule has 11 heavy (non-hydrogen) atoms. The zero-order valence-corrected chi connectivity index (χ0v) is 7.24. The van der Waals surface area contributed by atoms with Crippen molar-refractivity contribution in [3.05, 3.63) is 0 Å². The summed E-state index contributed by atoms with van der Waals surface area (Å²) in [7, 11) is 0. The molecule has 0 aromatic heterocycles. The third-order valence-electron chi connectivity index (χ3n) is 0.877. The van der Waals surface area contributed by atoms with Crippen LogP contribution in [0.3, 0.4) is 0 Å². The lowest BCUT2D eigenvalue weighted by Crippen LogP contribution is -2.44. The molecule has 0 bridgehead atoms. The zero-order chi connectivity index (χ0) is 8.74. The second-order valence-corrected chi connectivity index (χ2v) is 1.72. The quantitative estimate of drug-likeness (QED) is 0.473. The van der Waals surface area contributed by atoms with Gasteiger partial charge < -0.3 is 0 Å². The number of hydrogen-bond donors (Lipinski definition) is 1. The molecule has 0 aromatic carbocycles. The second-order valence-electron chi connectivity index (χ2n) is 1.72. The largest absolute Gasteiger partial charge is 0.244 e. The van der Waals surface area contributed by atoms with Gasteiger partial charge in [-0.15, -0.1) is 5.21 Å². The van der Waals surface area contributed by atoms with E-state index in [4.69, 9.17) is 14.5 Å². The van der Waals surface area contributed by atoms with Crippen LogP contribution in [-0.4, -0.2) is 30.2 Å². The lowest BCUT2D eigenvalue weighted by molar-refractivity contribution is -1.47. The highest BCUT2D eigenvalue weighted by atomic mass is 17.4. The Morgan fingerprint density at radius 1 is 0.909 bits per heavy atom. The van der Waals surface area contributed by atoms with E-state index in [0.29, 0.717) is 19.8 Å². The van der Waals surface area contributed by atoms with Crippen LogP contribution in [0.15, 0.2) is 0 Å². The van der Waals surface area contributed by atoms with Crippen molar-refractivity contribution in [2.24, 2.45) is 0 Å². The molecule has 0 radical (unpaired) electrons. The van der Waals surface area contributed by atoms with E-state index < -0.39 is 5.14 Å². The number of hydrogen-bond acceptors (Lipinski definition) is 4. The third-order valence-corrected chi connectivity index (χ3v) is 0.877. The molecule has 0 aliphatic rings. The highest BCUT2D eigenvalue weighted by molar-refractivity contribution is 3.96. The van der Waals surface area contributed by atoms with Gasteiger partial charge in [-0.1, -0.05) is 14.5 Å². The SMILES string of the molecule is CCO[N+](O)(OCC)OCC. The average Bonchev–Trinajstić information content (AvgIpc) is 1.88. The molecule has 0 spiro atoms. The van der Waals surface area contributed by atoms with Crippen LogP contribution >= 0.6 is 0 Å². The first-order chi connectivity index (χ1) is 5.18. The lowest BCUT2D eigenvalue weighted by atomic mass is 10.9. The van der Waals surface area contributed by atoms with E-state index >= 15 is 0 Å². The van der Waals surface area contributed by atoms with E-state index in [1.807, 2.05) is 0 Å². The van der Waals surface area contributed by atoms with Crippen LogP contribution in [-0.2, 0) is 14.5 Å². The summed E-state index contributed by atoms with van der Waals surface area (Å²) in [5.74, 6) is 0. The fourth-order valence-electron chi connectivity index (χ4n) is 0.601. The van der Waals surface area contributed by atoms with Gasteiger partial charge in [0.1, 0.15) is 19.8 Å². The summed E-state index contributed by atoms with van der Waals surface area (Å²) in [5.41, 5.74) is 0. The van der Waals surface area contributed by atoms with E-state index in [2.05, 4.69) is 0 Å². The van der Waals surface area contributed by atoms with Gasteiger partial charge >= 0.3 is 0 Å².